The lowest BCUT2D eigenvalue weighted by Gasteiger charge is -2.11. The normalized spacial score (nSPS) is 10.2. The molecule has 0 aromatic carbocycles. The Bertz CT molecular complexity index is 800. The Morgan fingerprint density at radius 2 is 2.25 bits per heavy atom. The van der Waals surface area contributed by atoms with Crippen LogP contribution in [-0.4, -0.2) is 27.5 Å². The Balaban J connectivity index is 2.36. The number of aromatic nitrogens is 2. The van der Waals surface area contributed by atoms with Gasteiger partial charge in [-0.05, 0) is 11.4 Å². The van der Waals surface area contributed by atoms with Crippen molar-refractivity contribution in [2.45, 2.75) is 18.5 Å². The molecule has 0 aliphatic rings. The number of anilines is 2. The highest BCUT2D eigenvalue weighted by Crippen LogP contribution is 2.21. The van der Waals surface area contributed by atoms with Gasteiger partial charge in [0.1, 0.15) is 0 Å². The van der Waals surface area contributed by atoms with Gasteiger partial charge in [-0.2, -0.15) is 0 Å². The Labute approximate surface area is 146 Å². The molecule has 0 fully saturated rings. The predicted molar refractivity (Wildman–Crippen MR) is 97.0 cm³/mol. The van der Waals surface area contributed by atoms with E-state index in [-0.39, 0.29) is 23.8 Å². The summed E-state index contributed by atoms with van der Waals surface area (Å²) < 4.78 is 0. The number of aromatic amines is 1. The van der Waals surface area contributed by atoms with Crippen molar-refractivity contribution in [3.63, 3.8) is 0 Å². The van der Waals surface area contributed by atoms with Crippen molar-refractivity contribution in [3.05, 3.63) is 45.4 Å². The number of thioether (sulfide) groups is 1. The van der Waals surface area contributed by atoms with Gasteiger partial charge in [-0.1, -0.05) is 30.8 Å². The molecule has 7 nitrogen and oxygen atoms in total. The third-order valence-corrected chi connectivity index (χ3v) is 4.54. The van der Waals surface area contributed by atoms with Crippen LogP contribution in [0.4, 0.5) is 11.5 Å². The van der Waals surface area contributed by atoms with Crippen LogP contribution in [0.1, 0.15) is 23.0 Å². The first-order valence-electron chi connectivity index (χ1n) is 7.07. The molecule has 2 aromatic heterocycles. The van der Waals surface area contributed by atoms with Crippen LogP contribution in [0.3, 0.4) is 0 Å². The molecule has 0 radical (unpaired) electrons. The minimum absolute atomic E-state index is 0.0297. The fourth-order valence-electron chi connectivity index (χ4n) is 1.67. The number of carbonyl (C=O) groups is 2. The maximum absolute atomic E-state index is 12.3. The van der Waals surface area contributed by atoms with E-state index in [0.29, 0.717) is 15.8 Å². The monoisotopic (exact) mass is 364 g/mol. The minimum atomic E-state index is -0.534. The molecule has 2 heterocycles. The Hall–Kier alpha value is -2.39. The highest BCUT2D eigenvalue weighted by molar-refractivity contribution is 7.99. The van der Waals surface area contributed by atoms with Crippen LogP contribution in [0, 0.1) is 0 Å². The van der Waals surface area contributed by atoms with Crippen LogP contribution < -0.4 is 16.2 Å². The van der Waals surface area contributed by atoms with Crippen LogP contribution in [0.25, 0.3) is 0 Å². The summed E-state index contributed by atoms with van der Waals surface area (Å²) in [4.78, 5) is 43.4. The number of rotatable bonds is 7. The lowest BCUT2D eigenvalue weighted by atomic mass is 10.3. The molecular formula is C15H16N4O3S2. The number of amides is 2. The fraction of sp³-hybridized carbons (Fsp3) is 0.200. The van der Waals surface area contributed by atoms with E-state index in [4.69, 9.17) is 0 Å². The molecule has 0 saturated heterocycles. The zero-order valence-corrected chi connectivity index (χ0v) is 14.6. The third kappa shape index (κ3) is 4.56. The van der Waals surface area contributed by atoms with E-state index in [9.17, 15) is 14.4 Å². The van der Waals surface area contributed by atoms with Crippen LogP contribution in [0.15, 0.2) is 40.1 Å². The Kier molecular flexibility index (Phi) is 6.33. The quantitative estimate of drug-likeness (QED) is 0.398. The summed E-state index contributed by atoms with van der Waals surface area (Å²) in [7, 11) is 0. The van der Waals surface area contributed by atoms with E-state index in [1.807, 2.05) is 0 Å². The van der Waals surface area contributed by atoms with Crippen molar-refractivity contribution < 1.29 is 9.59 Å². The second-order valence-corrected chi connectivity index (χ2v) is 6.48. The second-order valence-electron chi connectivity index (χ2n) is 4.53. The molecular weight excluding hydrogens is 348 g/mol. The van der Waals surface area contributed by atoms with Crippen molar-refractivity contribution in [1.29, 1.82) is 0 Å². The molecule has 3 N–H and O–H groups in total. The van der Waals surface area contributed by atoms with Crippen molar-refractivity contribution in [2.75, 3.05) is 16.4 Å². The van der Waals surface area contributed by atoms with Gasteiger partial charge in [-0.3, -0.25) is 19.4 Å². The van der Waals surface area contributed by atoms with Crippen LogP contribution in [0.5, 0.6) is 0 Å². The van der Waals surface area contributed by atoms with Crippen molar-refractivity contribution in [2.24, 2.45) is 0 Å². The molecule has 9 heteroatoms. The van der Waals surface area contributed by atoms with E-state index in [1.54, 1.807) is 30.5 Å². The van der Waals surface area contributed by atoms with Crippen LogP contribution in [0.2, 0.25) is 0 Å². The van der Waals surface area contributed by atoms with E-state index < -0.39 is 11.5 Å². The van der Waals surface area contributed by atoms with E-state index in [0.717, 1.165) is 0 Å². The van der Waals surface area contributed by atoms with Crippen molar-refractivity contribution in [1.82, 2.24) is 9.97 Å². The predicted octanol–water partition coefficient (Wildman–Crippen LogP) is 2.71. The summed E-state index contributed by atoms with van der Waals surface area (Å²) in [6, 6.07) is 3.37. The molecule has 0 aliphatic carbocycles. The molecule has 2 rings (SSSR count). The van der Waals surface area contributed by atoms with Gasteiger partial charge in [0.25, 0.3) is 11.5 Å². The first-order chi connectivity index (χ1) is 11.5. The van der Waals surface area contributed by atoms with Gasteiger partial charge < -0.3 is 10.6 Å². The molecule has 0 spiro atoms. The Morgan fingerprint density at radius 1 is 1.46 bits per heavy atom. The summed E-state index contributed by atoms with van der Waals surface area (Å²) in [6.45, 7) is 5.28. The Morgan fingerprint density at radius 3 is 2.88 bits per heavy atom. The smallest absolute Gasteiger partial charge is 0.277 e. The van der Waals surface area contributed by atoms with Crippen LogP contribution >= 0.6 is 23.1 Å². The molecule has 2 amide bonds. The second kappa shape index (κ2) is 8.46. The molecule has 126 valence electrons. The van der Waals surface area contributed by atoms with Gasteiger partial charge in [-0.25, -0.2) is 4.98 Å². The number of thiophene rings is 1. The molecule has 0 bridgehead atoms. The highest BCUT2D eigenvalue weighted by Gasteiger charge is 2.17. The lowest BCUT2D eigenvalue weighted by molar-refractivity contribution is -0.115. The summed E-state index contributed by atoms with van der Waals surface area (Å²) in [5, 5.41) is 7.15. The maximum atomic E-state index is 12.3. The van der Waals surface area contributed by atoms with E-state index in [1.165, 1.54) is 23.1 Å². The zero-order chi connectivity index (χ0) is 17.5. The average Bonchev–Trinajstić information content (AvgIpc) is 3.10. The third-order valence-electron chi connectivity index (χ3n) is 2.80. The zero-order valence-electron chi connectivity index (χ0n) is 12.9. The van der Waals surface area contributed by atoms with Gasteiger partial charge in [0, 0.05) is 12.2 Å². The number of H-pyrrole nitrogens is 1. The van der Waals surface area contributed by atoms with E-state index >= 15 is 0 Å². The number of hydrogen-bond donors (Lipinski definition) is 3. The molecule has 24 heavy (non-hydrogen) atoms. The summed E-state index contributed by atoms with van der Waals surface area (Å²) in [6.07, 6.45) is 1.89. The summed E-state index contributed by atoms with van der Waals surface area (Å²) in [5.41, 5.74) is -0.619. The first-order valence-corrected chi connectivity index (χ1v) is 8.94. The molecule has 2 aromatic rings. The van der Waals surface area contributed by atoms with E-state index in [2.05, 4.69) is 27.2 Å². The van der Waals surface area contributed by atoms with Crippen molar-refractivity contribution in [3.8, 4) is 0 Å². The summed E-state index contributed by atoms with van der Waals surface area (Å²) in [5.74, 6) is -0.164. The van der Waals surface area contributed by atoms with Gasteiger partial charge in [0.2, 0.25) is 5.91 Å². The fourth-order valence-corrected chi connectivity index (χ4v) is 2.88. The van der Waals surface area contributed by atoms with Gasteiger partial charge in [0.15, 0.2) is 16.7 Å². The molecule has 0 unspecified atom stereocenters. The highest BCUT2D eigenvalue weighted by atomic mass is 32.2. The lowest BCUT2D eigenvalue weighted by Crippen LogP contribution is -2.24. The first kappa shape index (κ1) is 18.0. The minimum Gasteiger partial charge on any atom is -0.314 e. The van der Waals surface area contributed by atoms with Gasteiger partial charge >= 0.3 is 0 Å². The van der Waals surface area contributed by atoms with Gasteiger partial charge in [-0.15, -0.1) is 17.9 Å². The number of carbonyl (C=O) groups excluding carboxylic acids is 2. The number of hydrogen-bond acceptors (Lipinski definition) is 6. The number of nitrogens with zero attached hydrogens (tertiary/aromatic N) is 1. The number of nitrogens with one attached hydrogen (secondary N) is 3. The molecule has 0 aliphatic heterocycles. The maximum Gasteiger partial charge on any atom is 0.277 e. The largest absolute Gasteiger partial charge is 0.314 e. The van der Waals surface area contributed by atoms with Gasteiger partial charge in [0.05, 0.1) is 4.88 Å². The van der Waals surface area contributed by atoms with Crippen molar-refractivity contribution >= 4 is 46.4 Å². The topological polar surface area (TPSA) is 104 Å². The molecule has 0 atom stereocenters. The summed E-state index contributed by atoms with van der Waals surface area (Å²) >= 11 is 2.51. The average molecular weight is 364 g/mol. The van der Waals surface area contributed by atoms with Crippen LogP contribution in [-0.2, 0) is 4.79 Å². The SMILES string of the molecule is C=CCSc1nc(NC(=O)CC)c(NC(=O)c2cccs2)c(=O)[nH]1. The standard InChI is InChI=1S/C15H16N4O3S2/c1-3-7-24-15-18-12(16-10(20)4-2)11(14(22)19-15)17-13(21)9-6-5-8-23-9/h3,5-6,8H,1,4,7H2,2H3,(H,17,21)(H2,16,18,19,20,22). The molecule has 0 saturated carbocycles.